The van der Waals surface area contributed by atoms with Gasteiger partial charge in [0, 0.05) is 11.6 Å². The minimum absolute atomic E-state index is 0.0879. The van der Waals surface area contributed by atoms with Gasteiger partial charge >= 0.3 is 5.97 Å². The van der Waals surface area contributed by atoms with Crippen molar-refractivity contribution in [1.82, 2.24) is 5.32 Å². The van der Waals surface area contributed by atoms with Crippen LogP contribution in [0.1, 0.15) is 42.5 Å². The molecular formula is C21H25N2O4+. The quantitative estimate of drug-likeness (QED) is 0.768. The van der Waals surface area contributed by atoms with Crippen molar-refractivity contribution in [3.8, 4) is 16.9 Å². The highest BCUT2D eigenvalue weighted by Gasteiger charge is 2.20. The van der Waals surface area contributed by atoms with Gasteiger partial charge in [-0.3, -0.25) is 4.79 Å². The van der Waals surface area contributed by atoms with Crippen LogP contribution in [-0.2, 0) is 11.3 Å². The van der Waals surface area contributed by atoms with Crippen molar-refractivity contribution >= 4 is 11.9 Å². The maximum Gasteiger partial charge on any atom is 0.341 e. The third-order valence-electron chi connectivity index (χ3n) is 4.89. The number of aromatic nitrogens is 1. The third-order valence-corrected chi connectivity index (χ3v) is 4.89. The molecule has 0 unspecified atom stereocenters. The zero-order valence-corrected chi connectivity index (χ0v) is 15.5. The molecule has 0 atom stereocenters. The lowest BCUT2D eigenvalue weighted by atomic mass is 9.95. The summed E-state index contributed by atoms with van der Waals surface area (Å²) in [5, 5.41) is 12.5. The van der Waals surface area contributed by atoms with Crippen molar-refractivity contribution in [2.45, 2.75) is 44.7 Å². The van der Waals surface area contributed by atoms with Gasteiger partial charge in [-0.25, -0.2) is 4.79 Å². The molecule has 0 aliphatic heterocycles. The number of aromatic carboxylic acids is 1. The molecule has 2 N–H and O–H groups in total. The number of carbonyl (C=O) groups excluding carboxylic acids is 1. The van der Waals surface area contributed by atoms with Gasteiger partial charge in [-0.2, -0.15) is 4.57 Å². The Hall–Kier alpha value is -2.89. The number of ether oxygens (including phenoxy) is 1. The predicted molar refractivity (Wildman–Crippen MR) is 101 cm³/mol. The minimum Gasteiger partial charge on any atom is -0.497 e. The molecule has 1 saturated carbocycles. The van der Waals surface area contributed by atoms with E-state index >= 15 is 0 Å². The Kier molecular flexibility index (Phi) is 6.06. The van der Waals surface area contributed by atoms with Crippen molar-refractivity contribution in [1.29, 1.82) is 0 Å². The number of nitrogens with zero attached hydrogens (tertiary/aromatic N) is 1. The standard InChI is InChI=1S/C21H24N2O4/c1-27-19-9-7-15(8-10-19)16-11-17(21(25)26)13-23(12-16)14-20(24)22-18-5-3-2-4-6-18/h7-13,18H,2-6,14H2,1H3,(H-,22,24,25,26)/p+1. The van der Waals surface area contributed by atoms with E-state index in [4.69, 9.17) is 4.74 Å². The fourth-order valence-electron chi connectivity index (χ4n) is 3.47. The monoisotopic (exact) mass is 369 g/mol. The van der Waals surface area contributed by atoms with Crippen LogP contribution in [-0.4, -0.2) is 30.1 Å². The van der Waals surface area contributed by atoms with E-state index in [1.807, 2.05) is 24.3 Å². The molecule has 142 valence electrons. The first-order valence-corrected chi connectivity index (χ1v) is 9.26. The molecule has 1 aliphatic carbocycles. The molecule has 1 amide bonds. The first-order valence-electron chi connectivity index (χ1n) is 9.26. The Morgan fingerprint density at radius 1 is 1.11 bits per heavy atom. The van der Waals surface area contributed by atoms with Crippen molar-refractivity contribution in [2.75, 3.05) is 7.11 Å². The van der Waals surface area contributed by atoms with Crippen LogP contribution in [0.5, 0.6) is 5.75 Å². The topological polar surface area (TPSA) is 79.5 Å². The average Bonchev–Trinajstić information content (AvgIpc) is 2.68. The molecule has 6 nitrogen and oxygen atoms in total. The molecule has 1 aromatic carbocycles. The van der Waals surface area contributed by atoms with Gasteiger partial charge in [0.2, 0.25) is 6.54 Å². The van der Waals surface area contributed by atoms with Crippen LogP contribution in [0, 0.1) is 0 Å². The zero-order chi connectivity index (χ0) is 19.2. The second-order valence-electron chi connectivity index (χ2n) is 6.92. The van der Waals surface area contributed by atoms with Gasteiger partial charge in [0.25, 0.3) is 5.91 Å². The van der Waals surface area contributed by atoms with Crippen LogP contribution in [0.3, 0.4) is 0 Å². The largest absolute Gasteiger partial charge is 0.497 e. The Balaban J connectivity index is 1.80. The zero-order valence-electron chi connectivity index (χ0n) is 15.5. The molecule has 1 aliphatic rings. The van der Waals surface area contributed by atoms with Crippen molar-refractivity contribution in [3.63, 3.8) is 0 Å². The maximum atomic E-state index is 12.4. The summed E-state index contributed by atoms with van der Waals surface area (Å²) < 4.78 is 6.80. The normalized spacial score (nSPS) is 14.6. The lowest BCUT2D eigenvalue weighted by Crippen LogP contribution is -2.46. The number of carbonyl (C=O) groups is 2. The smallest absolute Gasteiger partial charge is 0.341 e. The van der Waals surface area contributed by atoms with Crippen LogP contribution < -0.4 is 14.6 Å². The van der Waals surface area contributed by atoms with E-state index in [1.54, 1.807) is 23.9 Å². The number of pyridine rings is 1. The van der Waals surface area contributed by atoms with Gasteiger partial charge in [-0.1, -0.05) is 31.4 Å². The van der Waals surface area contributed by atoms with E-state index in [9.17, 15) is 14.7 Å². The van der Waals surface area contributed by atoms with Crippen molar-refractivity contribution in [2.24, 2.45) is 0 Å². The number of hydrogen-bond acceptors (Lipinski definition) is 3. The van der Waals surface area contributed by atoms with Crippen LogP contribution in [0.4, 0.5) is 0 Å². The molecule has 0 bridgehead atoms. The highest BCUT2D eigenvalue weighted by Crippen LogP contribution is 2.22. The number of rotatable bonds is 6. The van der Waals surface area contributed by atoms with Crippen molar-refractivity contribution < 1.29 is 24.0 Å². The Morgan fingerprint density at radius 2 is 1.81 bits per heavy atom. The number of carboxylic acid groups (broad SMARTS) is 1. The molecule has 1 aromatic heterocycles. The molecule has 3 rings (SSSR count). The van der Waals surface area contributed by atoms with E-state index in [0.29, 0.717) is 0 Å². The number of hydrogen-bond donors (Lipinski definition) is 2. The Morgan fingerprint density at radius 3 is 2.44 bits per heavy atom. The summed E-state index contributed by atoms with van der Waals surface area (Å²) in [5.41, 5.74) is 1.75. The fraction of sp³-hybridized carbons (Fsp3) is 0.381. The van der Waals surface area contributed by atoms with Crippen LogP contribution in [0.25, 0.3) is 11.1 Å². The van der Waals surface area contributed by atoms with Crippen LogP contribution in [0.2, 0.25) is 0 Å². The second kappa shape index (κ2) is 8.66. The van der Waals surface area contributed by atoms with E-state index in [1.165, 1.54) is 12.6 Å². The van der Waals surface area contributed by atoms with Crippen LogP contribution in [0.15, 0.2) is 42.7 Å². The number of benzene rings is 1. The first kappa shape index (κ1) is 18.9. The molecule has 2 aromatic rings. The lowest BCUT2D eigenvalue weighted by Gasteiger charge is -2.22. The highest BCUT2D eigenvalue weighted by atomic mass is 16.5. The predicted octanol–water partition coefficient (Wildman–Crippen LogP) is 2.80. The summed E-state index contributed by atoms with van der Waals surface area (Å²) in [5.74, 6) is -0.380. The van der Waals surface area contributed by atoms with E-state index in [-0.39, 0.29) is 24.1 Å². The molecule has 1 fully saturated rings. The molecule has 0 saturated heterocycles. The lowest BCUT2D eigenvalue weighted by molar-refractivity contribution is -0.684. The molecule has 27 heavy (non-hydrogen) atoms. The van der Waals surface area contributed by atoms with Gasteiger partial charge in [0.05, 0.1) is 7.11 Å². The maximum absolute atomic E-state index is 12.4. The summed E-state index contributed by atoms with van der Waals surface area (Å²) in [6.45, 7) is 0.0980. The fourth-order valence-corrected chi connectivity index (χ4v) is 3.47. The molecule has 0 radical (unpaired) electrons. The van der Waals surface area contributed by atoms with Gasteiger partial charge in [0.15, 0.2) is 12.4 Å². The van der Waals surface area contributed by atoms with Gasteiger partial charge < -0.3 is 15.2 Å². The number of carboxylic acids is 1. The average molecular weight is 369 g/mol. The molecule has 0 spiro atoms. The minimum atomic E-state index is -1.02. The van der Waals surface area contributed by atoms with Crippen molar-refractivity contribution in [3.05, 3.63) is 48.3 Å². The molecule has 6 heteroatoms. The highest BCUT2D eigenvalue weighted by molar-refractivity contribution is 5.88. The van der Waals surface area contributed by atoms with Gasteiger partial charge in [-0.05, 0) is 36.6 Å². The molecular weight excluding hydrogens is 344 g/mol. The van der Waals surface area contributed by atoms with E-state index in [2.05, 4.69) is 5.32 Å². The number of methoxy groups -OCH3 is 1. The SMILES string of the molecule is COc1ccc(-c2cc(C(=O)O)c[n+](CC(=O)NC3CCCCC3)c2)cc1. The summed E-state index contributed by atoms with van der Waals surface area (Å²) in [6, 6.07) is 9.22. The van der Waals surface area contributed by atoms with Crippen LogP contribution >= 0.6 is 0 Å². The summed E-state index contributed by atoms with van der Waals surface area (Å²) in [7, 11) is 1.60. The van der Waals surface area contributed by atoms with E-state index in [0.717, 1.165) is 42.6 Å². The van der Waals surface area contributed by atoms with Gasteiger partial charge in [0.1, 0.15) is 11.3 Å². The number of amides is 1. The molecule has 1 heterocycles. The van der Waals surface area contributed by atoms with Gasteiger partial charge in [-0.15, -0.1) is 0 Å². The summed E-state index contributed by atoms with van der Waals surface area (Å²) in [6.07, 6.45) is 8.85. The second-order valence-corrected chi connectivity index (χ2v) is 6.92. The first-order chi connectivity index (χ1) is 13.0. The Labute approximate surface area is 158 Å². The Bertz CT molecular complexity index is 811. The summed E-state index contributed by atoms with van der Waals surface area (Å²) in [4.78, 5) is 23.9. The third kappa shape index (κ3) is 5.06. The van der Waals surface area contributed by atoms with E-state index < -0.39 is 5.97 Å². The summed E-state index contributed by atoms with van der Waals surface area (Å²) >= 11 is 0. The number of nitrogens with one attached hydrogen (secondary N) is 1.